The Kier molecular flexibility index (Phi) is 8.30. The number of ether oxygens (including phenoxy) is 1. The Morgan fingerprint density at radius 2 is 2.17 bits per heavy atom. The highest BCUT2D eigenvalue weighted by Crippen LogP contribution is 2.16. The van der Waals surface area contributed by atoms with E-state index in [4.69, 9.17) is 4.74 Å². The van der Waals surface area contributed by atoms with Crippen molar-refractivity contribution < 1.29 is 14.3 Å². The minimum absolute atomic E-state index is 0.142. The zero-order valence-corrected chi connectivity index (χ0v) is 18.3. The van der Waals surface area contributed by atoms with Crippen molar-refractivity contribution in [3.63, 3.8) is 0 Å². The molecule has 0 aliphatic carbocycles. The molecule has 1 atom stereocenters. The SMILES string of the molecule is COCc1nnc(C(=O)Nc2cccc(C(=O)NCCCN3CCC[C@H](C)C3)c2)s1. The standard InChI is InChI=1S/C21H29N5O3S/c1-15-6-4-10-26(13-15)11-5-9-22-19(27)16-7-3-8-17(12-16)23-20(28)21-25-24-18(30-21)14-29-2/h3,7-8,12,15H,4-6,9-11,13-14H2,1-2H3,(H,22,27)(H,23,28)/t15-/m0/s1. The van der Waals surface area contributed by atoms with Crippen LogP contribution in [0.3, 0.4) is 0 Å². The van der Waals surface area contributed by atoms with Gasteiger partial charge in [-0.15, -0.1) is 10.2 Å². The highest BCUT2D eigenvalue weighted by molar-refractivity contribution is 7.13. The first-order valence-electron chi connectivity index (χ1n) is 10.3. The first-order valence-corrected chi connectivity index (χ1v) is 11.1. The van der Waals surface area contributed by atoms with E-state index in [2.05, 4.69) is 32.7 Å². The van der Waals surface area contributed by atoms with E-state index in [1.54, 1.807) is 31.4 Å². The van der Waals surface area contributed by atoms with Crippen LogP contribution in [-0.4, -0.2) is 60.2 Å². The van der Waals surface area contributed by atoms with Crippen LogP contribution in [0, 0.1) is 5.92 Å². The topological polar surface area (TPSA) is 96.5 Å². The van der Waals surface area contributed by atoms with Gasteiger partial charge in [0.2, 0.25) is 5.01 Å². The molecule has 1 aliphatic heterocycles. The molecular weight excluding hydrogens is 402 g/mol. The minimum Gasteiger partial charge on any atom is -0.377 e. The molecule has 9 heteroatoms. The normalized spacial score (nSPS) is 16.9. The summed E-state index contributed by atoms with van der Waals surface area (Å²) in [5.41, 5.74) is 1.05. The summed E-state index contributed by atoms with van der Waals surface area (Å²) in [6.45, 7) is 6.56. The maximum Gasteiger partial charge on any atom is 0.286 e. The van der Waals surface area contributed by atoms with E-state index in [9.17, 15) is 9.59 Å². The molecular formula is C21H29N5O3S. The largest absolute Gasteiger partial charge is 0.377 e. The van der Waals surface area contributed by atoms with E-state index < -0.39 is 0 Å². The highest BCUT2D eigenvalue weighted by Gasteiger charge is 2.16. The lowest BCUT2D eigenvalue weighted by Gasteiger charge is -2.30. The van der Waals surface area contributed by atoms with Crippen molar-refractivity contribution in [2.75, 3.05) is 38.6 Å². The van der Waals surface area contributed by atoms with Crippen molar-refractivity contribution in [3.05, 3.63) is 39.8 Å². The summed E-state index contributed by atoms with van der Waals surface area (Å²) >= 11 is 1.18. The highest BCUT2D eigenvalue weighted by atomic mass is 32.1. The Morgan fingerprint density at radius 3 is 2.97 bits per heavy atom. The summed E-state index contributed by atoms with van der Waals surface area (Å²) in [5.74, 6) is 0.262. The monoisotopic (exact) mass is 431 g/mol. The second kappa shape index (κ2) is 11.1. The van der Waals surface area contributed by atoms with E-state index in [1.807, 2.05) is 0 Å². The molecule has 2 heterocycles. The van der Waals surface area contributed by atoms with Gasteiger partial charge >= 0.3 is 0 Å². The number of piperidine rings is 1. The number of anilines is 1. The average molecular weight is 432 g/mol. The van der Waals surface area contributed by atoms with Crippen LogP contribution in [0.1, 0.15) is 51.4 Å². The fourth-order valence-electron chi connectivity index (χ4n) is 3.55. The molecule has 0 spiro atoms. The van der Waals surface area contributed by atoms with Crippen molar-refractivity contribution >= 4 is 28.8 Å². The first-order chi connectivity index (χ1) is 14.5. The number of carbonyl (C=O) groups excluding carboxylic acids is 2. The van der Waals surface area contributed by atoms with Crippen molar-refractivity contribution in [3.8, 4) is 0 Å². The van der Waals surface area contributed by atoms with Gasteiger partial charge in [0.25, 0.3) is 11.8 Å². The molecule has 1 aromatic carbocycles. The fraction of sp³-hybridized carbons (Fsp3) is 0.524. The summed E-state index contributed by atoms with van der Waals surface area (Å²) < 4.78 is 4.99. The molecule has 0 saturated carbocycles. The third kappa shape index (κ3) is 6.58. The molecule has 1 saturated heterocycles. The van der Waals surface area contributed by atoms with E-state index in [0.29, 0.717) is 29.4 Å². The van der Waals surface area contributed by atoms with Crippen LogP contribution in [0.5, 0.6) is 0 Å². The van der Waals surface area contributed by atoms with Gasteiger partial charge in [-0.25, -0.2) is 0 Å². The zero-order chi connectivity index (χ0) is 21.3. The molecule has 1 aliphatic rings. The van der Waals surface area contributed by atoms with E-state index in [0.717, 1.165) is 32.0 Å². The quantitative estimate of drug-likeness (QED) is 0.593. The predicted octanol–water partition coefficient (Wildman–Crippen LogP) is 2.79. The van der Waals surface area contributed by atoms with E-state index >= 15 is 0 Å². The summed E-state index contributed by atoms with van der Waals surface area (Å²) in [6, 6.07) is 6.88. The molecule has 2 N–H and O–H groups in total. The lowest BCUT2D eigenvalue weighted by atomic mass is 10.0. The third-order valence-corrected chi connectivity index (χ3v) is 5.88. The van der Waals surface area contributed by atoms with Crippen LogP contribution in [0.15, 0.2) is 24.3 Å². The summed E-state index contributed by atoms with van der Waals surface area (Å²) in [6.07, 6.45) is 3.50. The number of methoxy groups -OCH3 is 1. The van der Waals surface area contributed by atoms with Gasteiger partial charge in [0.05, 0.1) is 6.61 Å². The zero-order valence-electron chi connectivity index (χ0n) is 17.5. The maximum atomic E-state index is 12.5. The number of hydrogen-bond donors (Lipinski definition) is 2. The molecule has 2 aromatic rings. The van der Waals surface area contributed by atoms with E-state index in [1.165, 1.54) is 24.2 Å². The van der Waals surface area contributed by atoms with Gasteiger partial charge in [-0.05, 0) is 56.5 Å². The van der Waals surface area contributed by atoms with Crippen LogP contribution in [-0.2, 0) is 11.3 Å². The molecule has 1 aromatic heterocycles. The Balaban J connectivity index is 1.46. The smallest absolute Gasteiger partial charge is 0.286 e. The second-order valence-electron chi connectivity index (χ2n) is 7.63. The van der Waals surface area contributed by atoms with Gasteiger partial charge < -0.3 is 20.3 Å². The van der Waals surface area contributed by atoms with Crippen molar-refractivity contribution in [2.24, 2.45) is 5.92 Å². The predicted molar refractivity (Wildman–Crippen MR) is 117 cm³/mol. The van der Waals surface area contributed by atoms with Crippen LogP contribution >= 0.6 is 11.3 Å². The number of aromatic nitrogens is 2. The van der Waals surface area contributed by atoms with Crippen LogP contribution < -0.4 is 10.6 Å². The van der Waals surface area contributed by atoms with E-state index in [-0.39, 0.29) is 16.8 Å². The Labute approximate surface area is 181 Å². The molecule has 0 unspecified atom stereocenters. The van der Waals surface area contributed by atoms with Crippen molar-refractivity contribution in [1.82, 2.24) is 20.4 Å². The van der Waals surface area contributed by atoms with Gasteiger partial charge in [-0.2, -0.15) is 0 Å². The Morgan fingerprint density at radius 1 is 1.30 bits per heavy atom. The number of likely N-dealkylation sites (tertiary alicyclic amines) is 1. The molecule has 0 bridgehead atoms. The van der Waals surface area contributed by atoms with Gasteiger partial charge in [-0.3, -0.25) is 9.59 Å². The number of amides is 2. The minimum atomic E-state index is -0.358. The number of carbonyl (C=O) groups is 2. The first kappa shape index (κ1) is 22.3. The summed E-state index contributed by atoms with van der Waals surface area (Å²) in [5, 5.41) is 14.4. The summed E-state index contributed by atoms with van der Waals surface area (Å²) in [4.78, 5) is 27.3. The van der Waals surface area contributed by atoms with Gasteiger partial charge in [0.15, 0.2) is 0 Å². The lowest BCUT2D eigenvalue weighted by molar-refractivity contribution is 0.0948. The van der Waals surface area contributed by atoms with Crippen LogP contribution in [0.25, 0.3) is 0 Å². The number of hydrogen-bond acceptors (Lipinski definition) is 7. The average Bonchev–Trinajstić information content (AvgIpc) is 3.20. The molecule has 30 heavy (non-hydrogen) atoms. The van der Waals surface area contributed by atoms with Gasteiger partial charge in [-0.1, -0.05) is 24.3 Å². The van der Waals surface area contributed by atoms with Gasteiger partial charge in [0.1, 0.15) is 5.01 Å². The van der Waals surface area contributed by atoms with Crippen molar-refractivity contribution in [1.29, 1.82) is 0 Å². The number of benzene rings is 1. The Bertz CT molecular complexity index is 857. The molecule has 8 nitrogen and oxygen atoms in total. The molecule has 2 amide bonds. The van der Waals surface area contributed by atoms with Crippen LogP contribution in [0.4, 0.5) is 5.69 Å². The molecule has 162 valence electrons. The Hall–Kier alpha value is -2.36. The van der Waals surface area contributed by atoms with Gasteiger partial charge in [0, 0.05) is 31.5 Å². The molecule has 0 radical (unpaired) electrons. The fourth-order valence-corrected chi connectivity index (χ4v) is 4.25. The third-order valence-electron chi connectivity index (χ3n) is 4.99. The number of nitrogens with one attached hydrogen (secondary N) is 2. The molecule has 3 rings (SSSR count). The van der Waals surface area contributed by atoms with Crippen molar-refractivity contribution in [2.45, 2.75) is 32.8 Å². The second-order valence-corrected chi connectivity index (χ2v) is 8.69. The molecule has 1 fully saturated rings. The maximum absolute atomic E-state index is 12.5. The summed E-state index contributed by atoms with van der Waals surface area (Å²) in [7, 11) is 1.56. The number of nitrogens with zero attached hydrogens (tertiary/aromatic N) is 3. The van der Waals surface area contributed by atoms with Crippen LogP contribution in [0.2, 0.25) is 0 Å². The number of rotatable bonds is 9. The lowest BCUT2D eigenvalue weighted by Crippen LogP contribution is -2.36.